The molecular weight excluding hydrogens is 262 g/mol. The van der Waals surface area contributed by atoms with Gasteiger partial charge in [-0.15, -0.1) is 0 Å². The molecule has 0 spiro atoms. The van der Waals surface area contributed by atoms with Crippen molar-refractivity contribution in [2.45, 2.75) is 19.8 Å². The van der Waals surface area contributed by atoms with Crippen molar-refractivity contribution in [2.24, 2.45) is 5.92 Å². The number of piperidine rings is 1. The van der Waals surface area contributed by atoms with Gasteiger partial charge in [-0.25, -0.2) is 4.79 Å². The Hall–Kier alpha value is -2.11. The number of hydrogen-bond acceptors (Lipinski definition) is 5. The number of likely N-dealkylation sites (tertiary alicyclic amines) is 1. The second kappa shape index (κ2) is 6.36. The van der Waals surface area contributed by atoms with E-state index in [4.69, 9.17) is 4.74 Å². The summed E-state index contributed by atoms with van der Waals surface area (Å²) in [6.45, 7) is 3.16. The van der Waals surface area contributed by atoms with Crippen LogP contribution in [0.3, 0.4) is 0 Å². The fraction of sp³-hybridized carbons (Fsp3) is 0.500. The number of carbonyl (C=O) groups excluding carboxylic acids is 2. The fourth-order valence-electron chi connectivity index (χ4n) is 2.24. The normalized spacial score (nSPS) is 15.9. The molecule has 1 fully saturated rings. The highest BCUT2D eigenvalue weighted by molar-refractivity contribution is 5.93. The number of ether oxygens (including phenoxy) is 1. The lowest BCUT2D eigenvalue weighted by molar-refractivity contribution is -0.149. The van der Waals surface area contributed by atoms with Crippen molar-refractivity contribution in [1.29, 1.82) is 0 Å². The number of nitrogens with zero attached hydrogens (tertiary/aromatic N) is 1. The third kappa shape index (κ3) is 3.26. The first-order valence-corrected chi connectivity index (χ1v) is 6.66. The molecule has 0 unspecified atom stereocenters. The van der Waals surface area contributed by atoms with Gasteiger partial charge in [0, 0.05) is 19.2 Å². The summed E-state index contributed by atoms with van der Waals surface area (Å²) < 4.78 is 9.67. The summed E-state index contributed by atoms with van der Waals surface area (Å²) in [5.41, 5.74) is -0.137. The lowest BCUT2D eigenvalue weighted by Gasteiger charge is -2.30. The highest BCUT2D eigenvalue weighted by Crippen LogP contribution is 2.20. The second-order valence-electron chi connectivity index (χ2n) is 4.66. The van der Waals surface area contributed by atoms with Crippen LogP contribution in [-0.2, 0) is 9.53 Å². The molecule has 0 radical (unpaired) electrons. The Morgan fingerprint density at radius 3 is 2.60 bits per heavy atom. The van der Waals surface area contributed by atoms with Crippen LogP contribution in [0.15, 0.2) is 27.6 Å². The SMILES string of the molecule is CCOC(=O)C1CCN(C(=O)c2ccc(=O)oc2)CC1. The highest BCUT2D eigenvalue weighted by atomic mass is 16.5. The van der Waals surface area contributed by atoms with Gasteiger partial charge < -0.3 is 14.1 Å². The molecule has 0 aromatic carbocycles. The van der Waals surface area contributed by atoms with Crippen molar-refractivity contribution in [1.82, 2.24) is 4.90 Å². The zero-order valence-electron chi connectivity index (χ0n) is 11.3. The molecule has 2 rings (SSSR count). The number of rotatable bonds is 3. The molecule has 0 N–H and O–H groups in total. The Balaban J connectivity index is 1.93. The molecule has 1 aromatic heterocycles. The number of esters is 1. The average molecular weight is 279 g/mol. The highest BCUT2D eigenvalue weighted by Gasteiger charge is 2.28. The zero-order valence-corrected chi connectivity index (χ0v) is 11.3. The zero-order chi connectivity index (χ0) is 14.5. The Morgan fingerprint density at radius 1 is 1.35 bits per heavy atom. The molecule has 0 aliphatic carbocycles. The topological polar surface area (TPSA) is 76.8 Å². The predicted octanol–water partition coefficient (Wildman–Crippen LogP) is 1.06. The number of hydrogen-bond donors (Lipinski definition) is 0. The molecule has 20 heavy (non-hydrogen) atoms. The van der Waals surface area contributed by atoms with Crippen LogP contribution in [0, 0.1) is 5.92 Å². The average Bonchev–Trinajstić information content (AvgIpc) is 2.48. The molecule has 6 nitrogen and oxygen atoms in total. The minimum Gasteiger partial charge on any atom is -0.466 e. The molecule has 1 saturated heterocycles. The van der Waals surface area contributed by atoms with Gasteiger partial charge >= 0.3 is 11.6 Å². The molecule has 108 valence electrons. The van der Waals surface area contributed by atoms with Crippen LogP contribution in [0.1, 0.15) is 30.1 Å². The van der Waals surface area contributed by atoms with E-state index in [9.17, 15) is 14.4 Å². The van der Waals surface area contributed by atoms with Gasteiger partial charge in [0.1, 0.15) is 6.26 Å². The Morgan fingerprint density at radius 2 is 2.05 bits per heavy atom. The Bertz CT molecular complexity index is 522. The lowest BCUT2D eigenvalue weighted by atomic mass is 9.96. The van der Waals surface area contributed by atoms with Crippen molar-refractivity contribution in [3.05, 3.63) is 34.4 Å². The van der Waals surface area contributed by atoms with E-state index in [0.717, 1.165) is 0 Å². The van der Waals surface area contributed by atoms with Crippen molar-refractivity contribution in [3.63, 3.8) is 0 Å². The third-order valence-corrected chi connectivity index (χ3v) is 3.35. The van der Waals surface area contributed by atoms with Crippen LogP contribution in [-0.4, -0.2) is 36.5 Å². The summed E-state index contributed by atoms with van der Waals surface area (Å²) in [4.78, 5) is 36.3. The molecule has 1 aromatic rings. The monoisotopic (exact) mass is 279 g/mol. The van der Waals surface area contributed by atoms with Gasteiger partial charge in [0.2, 0.25) is 0 Å². The number of amides is 1. The maximum Gasteiger partial charge on any atom is 0.335 e. The van der Waals surface area contributed by atoms with E-state index in [1.54, 1.807) is 11.8 Å². The standard InChI is InChI=1S/C14H17NO5/c1-2-19-14(18)10-5-7-15(8-6-10)13(17)11-3-4-12(16)20-9-11/h3-4,9-10H,2,5-8H2,1H3. The maximum atomic E-state index is 12.2. The first-order valence-electron chi connectivity index (χ1n) is 6.66. The van der Waals surface area contributed by atoms with Crippen LogP contribution in [0.4, 0.5) is 0 Å². The largest absolute Gasteiger partial charge is 0.466 e. The van der Waals surface area contributed by atoms with E-state index in [1.165, 1.54) is 18.4 Å². The Kier molecular flexibility index (Phi) is 4.55. The van der Waals surface area contributed by atoms with E-state index >= 15 is 0 Å². The van der Waals surface area contributed by atoms with Crippen molar-refractivity contribution < 1.29 is 18.7 Å². The summed E-state index contributed by atoms with van der Waals surface area (Å²) in [7, 11) is 0. The molecule has 6 heteroatoms. The van der Waals surface area contributed by atoms with Crippen molar-refractivity contribution in [2.75, 3.05) is 19.7 Å². The smallest absolute Gasteiger partial charge is 0.335 e. The van der Waals surface area contributed by atoms with Gasteiger partial charge in [-0.3, -0.25) is 9.59 Å². The fourth-order valence-corrected chi connectivity index (χ4v) is 2.24. The number of carbonyl (C=O) groups is 2. The van der Waals surface area contributed by atoms with Crippen molar-refractivity contribution >= 4 is 11.9 Å². The van der Waals surface area contributed by atoms with E-state index in [-0.39, 0.29) is 17.8 Å². The minimum atomic E-state index is -0.484. The van der Waals surface area contributed by atoms with Gasteiger partial charge in [-0.1, -0.05) is 0 Å². The van der Waals surface area contributed by atoms with E-state index in [1.807, 2.05) is 0 Å². The lowest BCUT2D eigenvalue weighted by Crippen LogP contribution is -2.40. The first-order chi connectivity index (χ1) is 9.61. The Labute approximate surface area is 116 Å². The summed E-state index contributed by atoms with van der Waals surface area (Å²) in [5.74, 6) is -0.505. The molecule has 0 bridgehead atoms. The molecule has 2 heterocycles. The van der Waals surface area contributed by atoms with Gasteiger partial charge in [0.25, 0.3) is 5.91 Å². The van der Waals surface area contributed by atoms with Crippen LogP contribution in [0.5, 0.6) is 0 Å². The molecule has 1 amide bonds. The summed E-state index contributed by atoms with van der Waals surface area (Å²) in [6, 6.07) is 2.67. The molecule has 0 saturated carbocycles. The molecule has 0 atom stereocenters. The van der Waals surface area contributed by atoms with E-state index in [0.29, 0.717) is 38.1 Å². The summed E-state index contributed by atoms with van der Waals surface area (Å²) >= 11 is 0. The third-order valence-electron chi connectivity index (χ3n) is 3.35. The van der Waals surface area contributed by atoms with Crippen LogP contribution in [0.25, 0.3) is 0 Å². The van der Waals surface area contributed by atoms with Gasteiger partial charge in [0.05, 0.1) is 18.1 Å². The van der Waals surface area contributed by atoms with Crippen molar-refractivity contribution in [3.8, 4) is 0 Å². The van der Waals surface area contributed by atoms with Crippen LogP contribution >= 0.6 is 0 Å². The molecular formula is C14H17NO5. The second-order valence-corrected chi connectivity index (χ2v) is 4.66. The van der Waals surface area contributed by atoms with Gasteiger partial charge in [-0.2, -0.15) is 0 Å². The van der Waals surface area contributed by atoms with Crippen LogP contribution in [0.2, 0.25) is 0 Å². The molecule has 1 aliphatic rings. The minimum absolute atomic E-state index is 0.132. The predicted molar refractivity (Wildman–Crippen MR) is 70.2 cm³/mol. The van der Waals surface area contributed by atoms with Gasteiger partial charge in [-0.05, 0) is 25.8 Å². The van der Waals surface area contributed by atoms with E-state index in [2.05, 4.69) is 4.42 Å². The summed E-state index contributed by atoms with van der Waals surface area (Å²) in [6.07, 6.45) is 2.37. The summed E-state index contributed by atoms with van der Waals surface area (Å²) in [5, 5.41) is 0. The quantitative estimate of drug-likeness (QED) is 0.773. The maximum absolute atomic E-state index is 12.2. The first kappa shape index (κ1) is 14.3. The van der Waals surface area contributed by atoms with E-state index < -0.39 is 5.63 Å². The van der Waals surface area contributed by atoms with Crippen LogP contribution < -0.4 is 5.63 Å². The molecule has 1 aliphatic heterocycles. The van der Waals surface area contributed by atoms with Gasteiger partial charge in [0.15, 0.2) is 0 Å².